The molecule has 114 valence electrons. The van der Waals surface area contributed by atoms with Gasteiger partial charge in [-0.2, -0.15) is 0 Å². The van der Waals surface area contributed by atoms with Crippen LogP contribution < -0.4 is 20.7 Å². The summed E-state index contributed by atoms with van der Waals surface area (Å²) in [7, 11) is 0. The second-order valence-corrected chi connectivity index (χ2v) is 5.04. The summed E-state index contributed by atoms with van der Waals surface area (Å²) < 4.78 is 11.1. The van der Waals surface area contributed by atoms with Gasteiger partial charge >= 0.3 is 0 Å². The van der Waals surface area contributed by atoms with Gasteiger partial charge in [-0.05, 0) is 13.8 Å². The summed E-state index contributed by atoms with van der Waals surface area (Å²) >= 11 is 1.28. The number of imidazole rings is 1. The van der Waals surface area contributed by atoms with Gasteiger partial charge in [-0.25, -0.2) is 10.8 Å². The fraction of sp³-hybridized carbons (Fsp3) is 0.385. The monoisotopic (exact) mass is 310 g/mol. The van der Waals surface area contributed by atoms with Crippen molar-refractivity contribution < 1.29 is 14.3 Å². The molecule has 2 rings (SSSR count). The van der Waals surface area contributed by atoms with Gasteiger partial charge in [0.25, 0.3) is 0 Å². The Morgan fingerprint density at radius 1 is 1.33 bits per heavy atom. The van der Waals surface area contributed by atoms with E-state index in [0.717, 1.165) is 11.0 Å². The summed E-state index contributed by atoms with van der Waals surface area (Å²) in [6, 6.07) is 3.68. The van der Waals surface area contributed by atoms with Crippen molar-refractivity contribution in [1.29, 1.82) is 0 Å². The number of aromatic nitrogens is 2. The van der Waals surface area contributed by atoms with E-state index in [1.54, 1.807) is 0 Å². The summed E-state index contributed by atoms with van der Waals surface area (Å²) in [5.74, 6) is 6.32. The Bertz CT molecular complexity index is 586. The number of thioether (sulfide) groups is 1. The van der Waals surface area contributed by atoms with Crippen LogP contribution in [0, 0.1) is 0 Å². The Balaban J connectivity index is 2.26. The standard InChI is InChI=1S/C13H18N4O3S/c1-3-19-10-5-8-9(6-11(10)20-4-2)16-13(15-8)21-7-12(18)17-14/h5-6H,3-4,7,14H2,1-2H3,(H,15,16)(H,17,18). The highest BCUT2D eigenvalue weighted by molar-refractivity contribution is 7.99. The largest absolute Gasteiger partial charge is 0.490 e. The molecule has 1 amide bonds. The first-order valence-corrected chi connectivity index (χ1v) is 7.58. The van der Waals surface area contributed by atoms with Crippen LogP contribution in [0.15, 0.2) is 17.3 Å². The number of nitrogens with two attached hydrogens (primary N) is 1. The molecule has 0 saturated heterocycles. The minimum atomic E-state index is -0.259. The predicted octanol–water partition coefficient (Wildman–Crippen LogP) is 1.44. The summed E-state index contributed by atoms with van der Waals surface area (Å²) in [6.07, 6.45) is 0. The average Bonchev–Trinajstić information content (AvgIpc) is 2.87. The Hall–Kier alpha value is -1.93. The molecule has 0 radical (unpaired) electrons. The number of ether oxygens (including phenoxy) is 2. The highest BCUT2D eigenvalue weighted by atomic mass is 32.2. The molecule has 4 N–H and O–H groups in total. The van der Waals surface area contributed by atoms with Crippen molar-refractivity contribution in [2.45, 2.75) is 19.0 Å². The van der Waals surface area contributed by atoms with Crippen molar-refractivity contribution >= 4 is 28.7 Å². The van der Waals surface area contributed by atoms with Gasteiger partial charge in [-0.3, -0.25) is 10.2 Å². The maximum absolute atomic E-state index is 11.1. The van der Waals surface area contributed by atoms with Crippen LogP contribution in [0.25, 0.3) is 11.0 Å². The molecular weight excluding hydrogens is 292 g/mol. The first-order chi connectivity index (χ1) is 10.2. The maximum Gasteiger partial charge on any atom is 0.244 e. The summed E-state index contributed by atoms with van der Waals surface area (Å²) in [6.45, 7) is 4.93. The fourth-order valence-electron chi connectivity index (χ4n) is 1.77. The topological polar surface area (TPSA) is 102 Å². The van der Waals surface area contributed by atoms with Gasteiger partial charge in [-0.15, -0.1) is 0 Å². The molecule has 8 heteroatoms. The molecule has 2 aromatic rings. The third-order valence-corrected chi connectivity index (χ3v) is 3.50. The number of hydrogen-bond acceptors (Lipinski definition) is 6. The van der Waals surface area contributed by atoms with Gasteiger partial charge in [0, 0.05) is 12.1 Å². The fourth-order valence-corrected chi connectivity index (χ4v) is 2.47. The number of nitrogens with zero attached hydrogens (tertiary/aromatic N) is 1. The molecule has 1 aromatic carbocycles. The van der Waals surface area contributed by atoms with Gasteiger partial charge in [0.15, 0.2) is 16.7 Å². The molecule has 0 aliphatic rings. The van der Waals surface area contributed by atoms with E-state index < -0.39 is 0 Å². The molecule has 7 nitrogen and oxygen atoms in total. The second kappa shape index (κ2) is 7.19. The molecule has 1 aromatic heterocycles. The number of fused-ring (bicyclic) bond motifs is 1. The quantitative estimate of drug-likeness (QED) is 0.309. The zero-order valence-electron chi connectivity index (χ0n) is 11.9. The van der Waals surface area contributed by atoms with Gasteiger partial charge in [0.2, 0.25) is 5.91 Å². The molecule has 0 aliphatic carbocycles. The lowest BCUT2D eigenvalue weighted by molar-refractivity contribution is -0.118. The van der Waals surface area contributed by atoms with E-state index in [9.17, 15) is 4.79 Å². The van der Waals surface area contributed by atoms with Crippen LogP contribution in [0.5, 0.6) is 11.5 Å². The molecule has 0 fully saturated rings. The van der Waals surface area contributed by atoms with E-state index in [1.165, 1.54) is 11.8 Å². The SMILES string of the molecule is CCOc1cc2nc(SCC(=O)NN)[nH]c2cc1OCC. The first-order valence-electron chi connectivity index (χ1n) is 6.59. The van der Waals surface area contributed by atoms with Crippen LogP contribution in [0.3, 0.4) is 0 Å². The molecule has 0 bridgehead atoms. The van der Waals surface area contributed by atoms with E-state index in [4.69, 9.17) is 15.3 Å². The number of H-pyrrole nitrogens is 1. The third-order valence-electron chi connectivity index (χ3n) is 2.63. The van der Waals surface area contributed by atoms with Crippen molar-refractivity contribution in [3.63, 3.8) is 0 Å². The highest BCUT2D eigenvalue weighted by Crippen LogP contribution is 2.32. The zero-order valence-corrected chi connectivity index (χ0v) is 12.8. The first kappa shape index (κ1) is 15.5. The minimum absolute atomic E-state index is 0.201. The number of carbonyl (C=O) groups excluding carboxylic acids is 1. The van der Waals surface area contributed by atoms with Crippen molar-refractivity contribution in [3.8, 4) is 11.5 Å². The predicted molar refractivity (Wildman–Crippen MR) is 81.5 cm³/mol. The molecule has 0 saturated carbocycles. The Morgan fingerprint density at radius 3 is 2.62 bits per heavy atom. The number of aromatic amines is 1. The number of amides is 1. The van der Waals surface area contributed by atoms with Gasteiger partial charge in [0.05, 0.1) is 30.0 Å². The van der Waals surface area contributed by atoms with Crippen LogP contribution in [0.1, 0.15) is 13.8 Å². The Morgan fingerprint density at radius 2 is 2.00 bits per heavy atom. The van der Waals surface area contributed by atoms with Crippen LogP contribution in [-0.2, 0) is 4.79 Å². The number of carbonyl (C=O) groups is 1. The lowest BCUT2D eigenvalue weighted by Crippen LogP contribution is -2.31. The number of hydrogen-bond donors (Lipinski definition) is 3. The van der Waals surface area contributed by atoms with Crippen LogP contribution in [0.2, 0.25) is 0 Å². The molecule has 21 heavy (non-hydrogen) atoms. The van der Waals surface area contributed by atoms with Crippen molar-refractivity contribution in [1.82, 2.24) is 15.4 Å². The number of rotatable bonds is 7. The van der Waals surface area contributed by atoms with Crippen molar-refractivity contribution in [2.75, 3.05) is 19.0 Å². The summed E-state index contributed by atoms with van der Waals surface area (Å²) in [4.78, 5) is 18.7. The van der Waals surface area contributed by atoms with E-state index in [2.05, 4.69) is 15.4 Å². The smallest absolute Gasteiger partial charge is 0.244 e. The average molecular weight is 310 g/mol. The minimum Gasteiger partial charge on any atom is -0.490 e. The normalized spacial score (nSPS) is 10.6. The molecule has 1 heterocycles. The number of benzene rings is 1. The van der Waals surface area contributed by atoms with E-state index in [0.29, 0.717) is 29.9 Å². The van der Waals surface area contributed by atoms with Gasteiger partial charge in [0.1, 0.15) is 0 Å². The van der Waals surface area contributed by atoms with E-state index in [-0.39, 0.29) is 11.7 Å². The molecular formula is C13H18N4O3S. The summed E-state index contributed by atoms with van der Waals surface area (Å²) in [5, 5.41) is 0.643. The van der Waals surface area contributed by atoms with Crippen molar-refractivity contribution in [3.05, 3.63) is 12.1 Å². The van der Waals surface area contributed by atoms with Gasteiger partial charge < -0.3 is 14.5 Å². The van der Waals surface area contributed by atoms with Crippen molar-refractivity contribution in [2.24, 2.45) is 5.84 Å². The van der Waals surface area contributed by atoms with Crippen LogP contribution in [0.4, 0.5) is 0 Å². The highest BCUT2D eigenvalue weighted by Gasteiger charge is 2.12. The maximum atomic E-state index is 11.1. The summed E-state index contributed by atoms with van der Waals surface area (Å²) in [5.41, 5.74) is 3.67. The Labute approximate surface area is 126 Å². The number of nitrogens with one attached hydrogen (secondary N) is 2. The lowest BCUT2D eigenvalue weighted by atomic mass is 10.2. The van der Waals surface area contributed by atoms with Gasteiger partial charge in [-0.1, -0.05) is 11.8 Å². The number of hydrazine groups is 1. The molecule has 0 atom stereocenters. The molecule has 0 aliphatic heterocycles. The zero-order chi connectivity index (χ0) is 15.2. The van der Waals surface area contributed by atoms with E-state index >= 15 is 0 Å². The lowest BCUT2D eigenvalue weighted by Gasteiger charge is -2.10. The van der Waals surface area contributed by atoms with Crippen LogP contribution in [-0.4, -0.2) is 34.8 Å². The molecule has 0 unspecified atom stereocenters. The van der Waals surface area contributed by atoms with Crippen LogP contribution >= 0.6 is 11.8 Å². The van der Waals surface area contributed by atoms with E-state index in [1.807, 2.05) is 26.0 Å². The second-order valence-electron chi connectivity index (χ2n) is 4.08. The Kier molecular flexibility index (Phi) is 5.29. The third kappa shape index (κ3) is 3.79. The molecule has 0 spiro atoms.